The van der Waals surface area contributed by atoms with E-state index >= 15 is 0 Å². The van der Waals surface area contributed by atoms with Crippen molar-refractivity contribution >= 4 is 16.7 Å². The second-order valence-electron chi connectivity index (χ2n) is 5.09. The van der Waals surface area contributed by atoms with Crippen molar-refractivity contribution in [3.05, 3.63) is 54.6 Å². The Kier molecular flexibility index (Phi) is 6.81. The van der Waals surface area contributed by atoms with Crippen LogP contribution in [0.1, 0.15) is 6.92 Å². The third kappa shape index (κ3) is 5.38. The minimum atomic E-state index is -1.12. The highest BCUT2D eigenvalue weighted by molar-refractivity contribution is 7.85. The zero-order valence-electron chi connectivity index (χ0n) is 13.7. The lowest BCUT2D eigenvalue weighted by atomic mass is 10.3. The summed E-state index contributed by atoms with van der Waals surface area (Å²) in [5, 5.41) is 2.74. The smallest absolute Gasteiger partial charge is 0.260 e. The first-order chi connectivity index (χ1) is 11.6. The molecular formula is C18H21NO4S. The predicted octanol–water partition coefficient (Wildman–Crippen LogP) is 2.39. The fourth-order valence-electron chi connectivity index (χ4n) is 2.01. The van der Waals surface area contributed by atoms with E-state index in [9.17, 15) is 9.00 Å². The number of nitrogens with one attached hydrogen (secondary N) is 1. The zero-order chi connectivity index (χ0) is 17.4. The second-order valence-corrected chi connectivity index (χ2v) is 6.66. The summed E-state index contributed by atoms with van der Waals surface area (Å²) >= 11 is 0. The molecule has 1 amide bonds. The van der Waals surface area contributed by atoms with Crippen LogP contribution in [0.3, 0.4) is 0 Å². The van der Waals surface area contributed by atoms with Gasteiger partial charge >= 0.3 is 0 Å². The molecule has 0 radical (unpaired) electrons. The highest BCUT2D eigenvalue weighted by atomic mass is 32.2. The van der Waals surface area contributed by atoms with E-state index in [2.05, 4.69) is 5.32 Å². The van der Waals surface area contributed by atoms with Gasteiger partial charge in [-0.3, -0.25) is 9.00 Å². The number of hydrogen-bond acceptors (Lipinski definition) is 4. The van der Waals surface area contributed by atoms with Crippen molar-refractivity contribution in [3.8, 4) is 11.5 Å². The van der Waals surface area contributed by atoms with E-state index in [1.165, 1.54) is 0 Å². The molecule has 0 aromatic heterocycles. The van der Waals surface area contributed by atoms with Gasteiger partial charge in [0.2, 0.25) is 0 Å². The molecule has 128 valence electrons. The lowest BCUT2D eigenvalue weighted by Gasteiger charge is -2.15. The molecule has 0 spiro atoms. The van der Waals surface area contributed by atoms with E-state index in [0.717, 1.165) is 10.6 Å². The lowest BCUT2D eigenvalue weighted by Crippen LogP contribution is -2.38. The Balaban J connectivity index is 1.76. The van der Waals surface area contributed by atoms with Gasteiger partial charge in [-0.25, -0.2) is 0 Å². The standard InChI is InChI=1S/C18H21NO4S/c1-14(23-16-10-8-15(22-2)9-11-16)18(20)19-12-13-24(21)17-6-4-3-5-7-17/h3-11,14H,12-13H2,1-2H3,(H,19,20)/t14-,24+/m0/s1. The molecule has 0 fully saturated rings. The molecular weight excluding hydrogens is 326 g/mol. The summed E-state index contributed by atoms with van der Waals surface area (Å²) in [6.45, 7) is 2.00. The number of rotatable bonds is 8. The van der Waals surface area contributed by atoms with E-state index in [1.807, 2.05) is 30.3 Å². The molecule has 2 rings (SSSR count). The Morgan fingerprint density at radius 3 is 2.33 bits per heavy atom. The number of benzene rings is 2. The molecule has 2 atom stereocenters. The van der Waals surface area contributed by atoms with E-state index in [-0.39, 0.29) is 5.91 Å². The van der Waals surface area contributed by atoms with Crippen molar-refractivity contribution in [3.63, 3.8) is 0 Å². The summed E-state index contributed by atoms with van der Waals surface area (Å²) in [5.41, 5.74) is 0. The SMILES string of the molecule is COc1ccc(O[C@@H](C)C(=O)NCC[S@@](=O)c2ccccc2)cc1. The van der Waals surface area contributed by atoms with Crippen LogP contribution in [0.15, 0.2) is 59.5 Å². The molecule has 2 aromatic rings. The number of carbonyl (C=O) groups is 1. The Hall–Kier alpha value is -2.34. The number of hydrogen-bond donors (Lipinski definition) is 1. The van der Waals surface area contributed by atoms with Gasteiger partial charge in [0, 0.05) is 17.2 Å². The summed E-state index contributed by atoms with van der Waals surface area (Å²) in [5.74, 6) is 1.44. The number of amides is 1. The first-order valence-corrected chi connectivity index (χ1v) is 8.94. The van der Waals surface area contributed by atoms with Crippen LogP contribution in [0.4, 0.5) is 0 Å². The summed E-state index contributed by atoms with van der Waals surface area (Å²) in [6.07, 6.45) is -0.636. The third-order valence-corrected chi connectivity index (χ3v) is 4.71. The Morgan fingerprint density at radius 2 is 1.71 bits per heavy atom. The van der Waals surface area contributed by atoms with E-state index in [4.69, 9.17) is 9.47 Å². The maximum absolute atomic E-state index is 12.1. The Labute approximate surface area is 144 Å². The van der Waals surface area contributed by atoms with Gasteiger partial charge in [-0.15, -0.1) is 0 Å². The molecule has 0 saturated heterocycles. The lowest BCUT2D eigenvalue weighted by molar-refractivity contribution is -0.127. The highest BCUT2D eigenvalue weighted by Gasteiger charge is 2.14. The van der Waals surface area contributed by atoms with Crippen LogP contribution in [-0.2, 0) is 15.6 Å². The quantitative estimate of drug-likeness (QED) is 0.796. The van der Waals surface area contributed by atoms with Gasteiger partial charge in [-0.2, -0.15) is 0 Å². The molecule has 0 bridgehead atoms. The summed E-state index contributed by atoms with van der Waals surface area (Å²) in [6, 6.07) is 16.2. The first kappa shape index (κ1) is 18.0. The van der Waals surface area contributed by atoms with Crippen LogP contribution in [0.2, 0.25) is 0 Å². The fraction of sp³-hybridized carbons (Fsp3) is 0.278. The van der Waals surface area contributed by atoms with Crippen molar-refractivity contribution in [2.24, 2.45) is 0 Å². The van der Waals surface area contributed by atoms with Crippen LogP contribution in [0.25, 0.3) is 0 Å². The number of methoxy groups -OCH3 is 1. The molecule has 0 aliphatic carbocycles. The van der Waals surface area contributed by atoms with Gasteiger partial charge in [0.1, 0.15) is 11.5 Å². The van der Waals surface area contributed by atoms with Crippen LogP contribution >= 0.6 is 0 Å². The second kappa shape index (κ2) is 9.08. The first-order valence-electron chi connectivity index (χ1n) is 7.62. The number of ether oxygens (including phenoxy) is 2. The summed E-state index contributed by atoms with van der Waals surface area (Å²) < 4.78 is 22.7. The van der Waals surface area contributed by atoms with Gasteiger partial charge in [0.05, 0.1) is 17.9 Å². The van der Waals surface area contributed by atoms with Crippen molar-refractivity contribution in [1.82, 2.24) is 5.32 Å². The molecule has 2 aromatic carbocycles. The van der Waals surface area contributed by atoms with Crippen LogP contribution in [0.5, 0.6) is 11.5 Å². The van der Waals surface area contributed by atoms with Crippen LogP contribution in [-0.4, -0.2) is 35.6 Å². The van der Waals surface area contributed by atoms with Gasteiger partial charge < -0.3 is 14.8 Å². The van der Waals surface area contributed by atoms with E-state index in [0.29, 0.717) is 18.0 Å². The normalized spacial score (nSPS) is 12.9. The summed E-state index contributed by atoms with van der Waals surface area (Å²) in [4.78, 5) is 12.8. The summed E-state index contributed by atoms with van der Waals surface area (Å²) in [7, 11) is 0.464. The largest absolute Gasteiger partial charge is 0.497 e. The molecule has 0 heterocycles. The molecule has 0 aliphatic heterocycles. The van der Waals surface area contributed by atoms with Crippen molar-refractivity contribution in [1.29, 1.82) is 0 Å². The molecule has 0 unspecified atom stereocenters. The Bertz CT molecular complexity index is 673. The number of carbonyl (C=O) groups excluding carboxylic acids is 1. The van der Waals surface area contributed by atoms with Crippen molar-refractivity contribution in [2.75, 3.05) is 19.4 Å². The molecule has 0 aliphatic rings. The fourth-order valence-corrected chi connectivity index (χ4v) is 3.00. The van der Waals surface area contributed by atoms with Crippen molar-refractivity contribution in [2.45, 2.75) is 17.9 Å². The Morgan fingerprint density at radius 1 is 1.08 bits per heavy atom. The predicted molar refractivity (Wildman–Crippen MR) is 93.8 cm³/mol. The van der Waals surface area contributed by atoms with Gasteiger partial charge in [-0.1, -0.05) is 18.2 Å². The maximum atomic E-state index is 12.1. The molecule has 0 saturated carbocycles. The minimum absolute atomic E-state index is 0.240. The monoisotopic (exact) mass is 347 g/mol. The third-order valence-electron chi connectivity index (χ3n) is 3.33. The van der Waals surface area contributed by atoms with Gasteiger partial charge in [0.15, 0.2) is 6.10 Å². The molecule has 6 heteroatoms. The van der Waals surface area contributed by atoms with Crippen molar-refractivity contribution < 1.29 is 18.5 Å². The maximum Gasteiger partial charge on any atom is 0.260 e. The molecule has 24 heavy (non-hydrogen) atoms. The minimum Gasteiger partial charge on any atom is -0.497 e. The van der Waals surface area contributed by atoms with Gasteiger partial charge in [0.25, 0.3) is 5.91 Å². The highest BCUT2D eigenvalue weighted by Crippen LogP contribution is 2.18. The average molecular weight is 347 g/mol. The van der Waals surface area contributed by atoms with Crippen LogP contribution < -0.4 is 14.8 Å². The van der Waals surface area contributed by atoms with E-state index < -0.39 is 16.9 Å². The topological polar surface area (TPSA) is 64.6 Å². The van der Waals surface area contributed by atoms with Crippen LogP contribution in [0, 0.1) is 0 Å². The average Bonchev–Trinajstić information content (AvgIpc) is 2.62. The van der Waals surface area contributed by atoms with Gasteiger partial charge in [-0.05, 0) is 43.3 Å². The van der Waals surface area contributed by atoms with E-state index in [1.54, 1.807) is 38.3 Å². The zero-order valence-corrected chi connectivity index (χ0v) is 14.5. The molecule has 5 nitrogen and oxygen atoms in total. The molecule has 1 N–H and O–H groups in total.